The summed E-state index contributed by atoms with van der Waals surface area (Å²) in [6.45, 7) is 7.83. The summed E-state index contributed by atoms with van der Waals surface area (Å²) in [5.74, 6) is 0. The van der Waals surface area contributed by atoms with E-state index in [1.807, 2.05) is 0 Å². The molecule has 3 heteroatoms. The second-order valence-corrected chi connectivity index (χ2v) is 5.63. The van der Waals surface area contributed by atoms with Gasteiger partial charge in [0.15, 0.2) is 0 Å². The van der Waals surface area contributed by atoms with Crippen LogP contribution >= 0.6 is 15.9 Å². The van der Waals surface area contributed by atoms with Crippen molar-refractivity contribution in [2.24, 2.45) is 0 Å². The zero-order chi connectivity index (χ0) is 11.5. The van der Waals surface area contributed by atoms with Crippen LogP contribution in [-0.4, -0.2) is 30.1 Å². The Hall–Kier alpha value is -0.380. The lowest BCUT2D eigenvalue weighted by Crippen LogP contribution is -2.53. The van der Waals surface area contributed by atoms with Gasteiger partial charge in [-0.3, -0.25) is 4.90 Å². The minimum Gasteiger partial charge on any atom is -0.311 e. The lowest BCUT2D eigenvalue weighted by Gasteiger charge is -2.37. The first-order chi connectivity index (χ1) is 7.65. The molecule has 1 aromatic rings. The van der Waals surface area contributed by atoms with Gasteiger partial charge in [-0.2, -0.15) is 0 Å². The van der Waals surface area contributed by atoms with Gasteiger partial charge in [0.2, 0.25) is 0 Å². The molecule has 88 valence electrons. The zero-order valence-corrected chi connectivity index (χ0v) is 11.5. The van der Waals surface area contributed by atoms with E-state index in [1.54, 1.807) is 0 Å². The van der Waals surface area contributed by atoms with Crippen molar-refractivity contribution in [2.75, 3.05) is 13.1 Å². The van der Waals surface area contributed by atoms with E-state index >= 15 is 0 Å². The molecule has 2 nitrogen and oxygen atoms in total. The molecule has 0 aliphatic carbocycles. The third-order valence-electron chi connectivity index (χ3n) is 3.19. The van der Waals surface area contributed by atoms with Crippen molar-refractivity contribution < 1.29 is 0 Å². The van der Waals surface area contributed by atoms with E-state index in [0.717, 1.165) is 24.1 Å². The first-order valence-electron chi connectivity index (χ1n) is 5.87. The summed E-state index contributed by atoms with van der Waals surface area (Å²) in [7, 11) is 0. The number of halogens is 1. The first kappa shape index (κ1) is 12.1. The van der Waals surface area contributed by atoms with Crippen LogP contribution in [0.1, 0.15) is 19.4 Å². The Bertz CT molecular complexity index is 336. The number of rotatable bonds is 2. The average molecular weight is 283 g/mol. The van der Waals surface area contributed by atoms with E-state index in [2.05, 4.69) is 64.3 Å². The fourth-order valence-electron chi connectivity index (χ4n) is 2.14. The molecule has 1 aromatic carbocycles. The summed E-state index contributed by atoms with van der Waals surface area (Å²) in [5, 5.41) is 3.51. The predicted octanol–water partition coefficient (Wildman–Crippen LogP) is 2.63. The SMILES string of the molecule is C[C@@H]1CN[C@@H](C)CN1Cc1ccc(Br)cc1. The second-order valence-electron chi connectivity index (χ2n) is 4.71. The maximum absolute atomic E-state index is 3.51. The maximum atomic E-state index is 3.51. The fraction of sp³-hybridized carbons (Fsp3) is 0.538. The van der Waals surface area contributed by atoms with Crippen molar-refractivity contribution in [1.29, 1.82) is 0 Å². The van der Waals surface area contributed by atoms with E-state index in [9.17, 15) is 0 Å². The van der Waals surface area contributed by atoms with Crippen molar-refractivity contribution in [3.63, 3.8) is 0 Å². The highest BCUT2D eigenvalue weighted by molar-refractivity contribution is 9.10. The van der Waals surface area contributed by atoms with E-state index in [0.29, 0.717) is 12.1 Å². The Labute approximate surface area is 106 Å². The Balaban J connectivity index is 2.00. The molecule has 0 aromatic heterocycles. The molecule has 2 rings (SSSR count). The summed E-state index contributed by atoms with van der Waals surface area (Å²) in [6.07, 6.45) is 0. The zero-order valence-electron chi connectivity index (χ0n) is 9.91. The molecule has 1 N–H and O–H groups in total. The van der Waals surface area contributed by atoms with Gasteiger partial charge in [0.05, 0.1) is 0 Å². The molecule has 1 fully saturated rings. The van der Waals surface area contributed by atoms with Crippen molar-refractivity contribution in [3.05, 3.63) is 34.3 Å². The fourth-order valence-corrected chi connectivity index (χ4v) is 2.41. The molecule has 0 amide bonds. The third-order valence-corrected chi connectivity index (χ3v) is 3.72. The Kier molecular flexibility index (Phi) is 4.00. The molecule has 1 heterocycles. The van der Waals surface area contributed by atoms with Gasteiger partial charge >= 0.3 is 0 Å². The van der Waals surface area contributed by atoms with Crippen LogP contribution in [0.5, 0.6) is 0 Å². The molecule has 1 aliphatic heterocycles. The monoisotopic (exact) mass is 282 g/mol. The molecule has 0 spiro atoms. The van der Waals surface area contributed by atoms with E-state index in [-0.39, 0.29) is 0 Å². The van der Waals surface area contributed by atoms with Crippen LogP contribution in [-0.2, 0) is 6.54 Å². The van der Waals surface area contributed by atoms with Gasteiger partial charge in [0, 0.05) is 36.2 Å². The highest BCUT2D eigenvalue weighted by Gasteiger charge is 2.21. The van der Waals surface area contributed by atoms with Crippen LogP contribution in [0.3, 0.4) is 0 Å². The Morgan fingerprint density at radius 3 is 2.69 bits per heavy atom. The van der Waals surface area contributed by atoms with Crippen molar-refractivity contribution in [3.8, 4) is 0 Å². The maximum Gasteiger partial charge on any atom is 0.0237 e. The molecule has 0 bridgehead atoms. The van der Waals surface area contributed by atoms with E-state index in [1.165, 1.54) is 5.56 Å². The van der Waals surface area contributed by atoms with Crippen molar-refractivity contribution in [1.82, 2.24) is 10.2 Å². The third kappa shape index (κ3) is 3.06. The summed E-state index contributed by atoms with van der Waals surface area (Å²) < 4.78 is 1.15. The number of nitrogens with one attached hydrogen (secondary N) is 1. The van der Waals surface area contributed by atoms with Crippen molar-refractivity contribution >= 4 is 15.9 Å². The second kappa shape index (κ2) is 5.30. The Morgan fingerprint density at radius 2 is 2.00 bits per heavy atom. The predicted molar refractivity (Wildman–Crippen MR) is 71.5 cm³/mol. The quantitative estimate of drug-likeness (QED) is 0.897. The highest BCUT2D eigenvalue weighted by Crippen LogP contribution is 2.15. The molecule has 0 unspecified atom stereocenters. The summed E-state index contributed by atoms with van der Waals surface area (Å²) in [5.41, 5.74) is 1.39. The van der Waals surface area contributed by atoms with Crippen LogP contribution in [0.25, 0.3) is 0 Å². The summed E-state index contributed by atoms with van der Waals surface area (Å²) in [4.78, 5) is 2.55. The molecule has 16 heavy (non-hydrogen) atoms. The topological polar surface area (TPSA) is 15.3 Å². The van der Waals surface area contributed by atoms with Gasteiger partial charge in [0.1, 0.15) is 0 Å². The minimum atomic E-state index is 0.603. The number of hydrogen-bond donors (Lipinski definition) is 1. The molecule has 0 radical (unpaired) electrons. The minimum absolute atomic E-state index is 0.603. The van der Waals surface area contributed by atoms with Gasteiger partial charge in [-0.25, -0.2) is 0 Å². The number of benzene rings is 1. The van der Waals surface area contributed by atoms with Gasteiger partial charge in [-0.1, -0.05) is 28.1 Å². The number of hydrogen-bond acceptors (Lipinski definition) is 2. The highest BCUT2D eigenvalue weighted by atomic mass is 79.9. The number of piperazine rings is 1. The molecule has 1 saturated heterocycles. The van der Waals surface area contributed by atoms with Crippen LogP contribution < -0.4 is 5.32 Å². The van der Waals surface area contributed by atoms with Gasteiger partial charge in [0.25, 0.3) is 0 Å². The lowest BCUT2D eigenvalue weighted by molar-refractivity contribution is 0.139. The molecule has 0 saturated carbocycles. The molecular weight excluding hydrogens is 264 g/mol. The van der Waals surface area contributed by atoms with Crippen LogP contribution in [0.15, 0.2) is 28.7 Å². The van der Waals surface area contributed by atoms with Gasteiger partial charge in [-0.05, 0) is 31.5 Å². The van der Waals surface area contributed by atoms with Crippen molar-refractivity contribution in [2.45, 2.75) is 32.5 Å². The molecule has 2 atom stereocenters. The summed E-state index contributed by atoms with van der Waals surface area (Å²) in [6, 6.07) is 9.86. The number of nitrogens with zero attached hydrogens (tertiary/aromatic N) is 1. The van der Waals surface area contributed by atoms with E-state index < -0.39 is 0 Å². The Morgan fingerprint density at radius 1 is 1.31 bits per heavy atom. The molecular formula is C13H19BrN2. The standard InChI is InChI=1S/C13H19BrN2/c1-10-8-16(11(2)7-15-10)9-12-3-5-13(14)6-4-12/h3-6,10-11,15H,7-9H2,1-2H3/t10-,11+/m0/s1. The summed E-state index contributed by atoms with van der Waals surface area (Å²) >= 11 is 3.47. The average Bonchev–Trinajstić information content (AvgIpc) is 2.27. The lowest BCUT2D eigenvalue weighted by atomic mass is 10.1. The largest absolute Gasteiger partial charge is 0.311 e. The normalized spacial score (nSPS) is 26.9. The smallest absolute Gasteiger partial charge is 0.0237 e. The van der Waals surface area contributed by atoms with Gasteiger partial charge in [-0.15, -0.1) is 0 Å². The van der Waals surface area contributed by atoms with Crippen LogP contribution in [0.4, 0.5) is 0 Å². The van der Waals surface area contributed by atoms with Crippen LogP contribution in [0, 0.1) is 0 Å². The van der Waals surface area contributed by atoms with Crippen LogP contribution in [0.2, 0.25) is 0 Å². The first-order valence-corrected chi connectivity index (χ1v) is 6.66. The van der Waals surface area contributed by atoms with Gasteiger partial charge < -0.3 is 5.32 Å². The van der Waals surface area contributed by atoms with E-state index in [4.69, 9.17) is 0 Å². The molecule has 1 aliphatic rings.